The molecule has 13 nitrogen and oxygen atoms in total. The van der Waals surface area contributed by atoms with Gasteiger partial charge < -0.3 is 26.8 Å². The molecule has 0 N–H and O–H groups in total. The Morgan fingerprint density at radius 2 is 0.449 bits per heavy atom. The second-order valence-electron chi connectivity index (χ2n) is 33.3. The Bertz CT molecular complexity index is 9890. The highest BCUT2D eigenvalue weighted by Crippen LogP contribution is 2.53. The van der Waals surface area contributed by atoms with Crippen LogP contribution in [0.4, 0.5) is 0 Å². The summed E-state index contributed by atoms with van der Waals surface area (Å²) in [7, 11) is 0. The first-order valence-corrected chi connectivity index (χ1v) is 42.8. The quantitative estimate of drug-likeness (QED) is 0.144. The van der Waals surface area contributed by atoms with Crippen LogP contribution in [-0.2, 0) is 0 Å². The molecule has 127 heavy (non-hydrogen) atoms. The first-order valence-electron chi connectivity index (χ1n) is 42.8. The van der Waals surface area contributed by atoms with Crippen LogP contribution in [0.5, 0.6) is 0 Å². The van der Waals surface area contributed by atoms with Gasteiger partial charge in [-0.1, -0.05) is 255 Å². The third-order valence-corrected chi connectivity index (χ3v) is 26.7. The van der Waals surface area contributed by atoms with E-state index in [1.54, 1.807) is 0 Å². The summed E-state index contributed by atoms with van der Waals surface area (Å²) in [5.74, 6) is 3.54. The summed E-state index contributed by atoms with van der Waals surface area (Å²) >= 11 is 0. The molecule has 0 atom stereocenters. The fourth-order valence-corrected chi connectivity index (χ4v) is 21.4. The van der Waals surface area contributed by atoms with Crippen LogP contribution in [0.15, 0.2) is 388 Å². The maximum absolute atomic E-state index is 6.66. The van der Waals surface area contributed by atoms with Crippen LogP contribution in [0.1, 0.15) is 0 Å². The Kier molecular flexibility index (Phi) is 13.8. The van der Waals surface area contributed by atoms with Crippen LogP contribution in [0.25, 0.3) is 292 Å². The van der Waals surface area contributed by atoms with Crippen molar-refractivity contribution in [2.24, 2.45) is 0 Å². The molecule has 0 radical (unpaired) electrons. The van der Waals surface area contributed by atoms with Gasteiger partial charge in [0.25, 0.3) is 0 Å². The Morgan fingerprint density at radius 3 is 0.882 bits per heavy atom. The standard InChI is InChI=1S/C63H33N5O2.C51H28N4O2/c1-2-13-34(14-3-1)61-64-62(66-63(65-61)68-46-26-10-22-42-38-18-5-7-20-40(38)44-24-12-28-50-56(44)60-52(70-50)32-30-48(68)58(60)54(42)46)35-15-8-16-36(33-35)67-45-25-9-21-41-37-17-4-6-19-39(37)43-23-11-27-49-55(43)59-51(69-49)31-29-47(67)57(59)53(41)45;1-3-11-29(12-4-1)49-52-50(30-13-5-2-6-14-30)54-51(53-49)31-21-23-35-38-28-32(22-25-41(38)56-44(35)27-31)55-39-19-9-17-36-33-15-7-8-16-34(33)37-18-10-20-42-46(37)48-43(57-42)26-24-40(55)47(48)45(36)39/h1-33H;1-28H. The summed E-state index contributed by atoms with van der Waals surface area (Å²) in [6.07, 6.45) is 0. The van der Waals surface area contributed by atoms with E-state index in [-0.39, 0.29) is 0 Å². The van der Waals surface area contributed by atoms with Gasteiger partial charge in [0.2, 0.25) is 5.95 Å². The Morgan fingerprint density at radius 1 is 0.150 bits per heavy atom. The van der Waals surface area contributed by atoms with Crippen molar-refractivity contribution in [3.8, 4) is 74.3 Å². The SMILES string of the molecule is c1ccc(-c2nc(-c3cccc(-n4c5cccc6c7ccccc7c7cccc8oc9ccc4c(c9c87)c65)c3)nc(-n3c4cccc5c6ccccc6c6cccc7oc8ccc3c(c8c76)c54)n2)cc1.c1ccc(-c2nc(-c3ccccc3)nc(-c3ccc4c(c3)oc3ccc(-n5c6cccc7c8ccccc8c8cccc9oc%10ccc5c(c%10c98)c76)cc34)n2)cc1. The molecule has 0 fully saturated rings. The molecular formula is C114H61N9O4. The molecule has 13 heteroatoms. The Hall–Kier alpha value is -17.4. The number of nitrogens with zero attached hydrogens (tertiary/aromatic N) is 9. The van der Waals surface area contributed by atoms with Gasteiger partial charge in [-0.2, -0.15) is 9.97 Å². The van der Waals surface area contributed by atoms with Gasteiger partial charge in [0, 0.05) is 115 Å². The Balaban J connectivity index is 0.000000129. The zero-order chi connectivity index (χ0) is 82.5. The van der Waals surface area contributed by atoms with Crippen molar-refractivity contribution in [2.75, 3.05) is 0 Å². The lowest BCUT2D eigenvalue weighted by Gasteiger charge is -2.13. The van der Waals surface area contributed by atoms with Crippen molar-refractivity contribution < 1.29 is 17.7 Å². The molecule has 0 bridgehead atoms. The monoisotopic (exact) mass is 1620 g/mol. The molecule has 9 heterocycles. The van der Waals surface area contributed by atoms with E-state index in [0.717, 1.165) is 182 Å². The lowest BCUT2D eigenvalue weighted by molar-refractivity contribution is 0.668. The summed E-state index contributed by atoms with van der Waals surface area (Å²) in [5.41, 5.74) is 19.9. The number of fused-ring (bicyclic) bond motifs is 12. The molecule has 0 spiro atoms. The van der Waals surface area contributed by atoms with Crippen LogP contribution in [0, 0.1) is 0 Å². The van der Waals surface area contributed by atoms with Crippen molar-refractivity contribution in [3.63, 3.8) is 0 Å². The van der Waals surface area contributed by atoms with Gasteiger partial charge in [0.05, 0.1) is 33.1 Å². The van der Waals surface area contributed by atoms with E-state index in [1.807, 2.05) is 84.9 Å². The van der Waals surface area contributed by atoms with Gasteiger partial charge in [-0.15, -0.1) is 0 Å². The molecular weight excluding hydrogens is 1560 g/mol. The van der Waals surface area contributed by atoms with Crippen LogP contribution < -0.4 is 0 Å². The molecule has 30 rings (SSSR count). The molecule has 0 unspecified atom stereocenters. The van der Waals surface area contributed by atoms with Crippen molar-refractivity contribution in [1.29, 1.82) is 0 Å². The van der Waals surface area contributed by atoms with E-state index in [4.69, 9.17) is 47.6 Å². The molecule has 30 aromatic rings. The van der Waals surface area contributed by atoms with Crippen molar-refractivity contribution >= 4 is 218 Å². The van der Waals surface area contributed by atoms with Gasteiger partial charge >= 0.3 is 0 Å². The van der Waals surface area contributed by atoms with Gasteiger partial charge in [-0.25, -0.2) is 19.9 Å². The van der Waals surface area contributed by atoms with Crippen LogP contribution in [-0.4, -0.2) is 43.6 Å². The van der Waals surface area contributed by atoms with E-state index in [0.29, 0.717) is 35.1 Å². The summed E-state index contributed by atoms with van der Waals surface area (Å²) < 4.78 is 33.5. The minimum atomic E-state index is 0.537. The van der Waals surface area contributed by atoms with E-state index in [9.17, 15) is 0 Å². The molecule has 0 aliphatic rings. The smallest absolute Gasteiger partial charge is 0.238 e. The van der Waals surface area contributed by atoms with E-state index in [2.05, 4.69) is 299 Å². The predicted octanol–water partition coefficient (Wildman–Crippen LogP) is 30.2. The maximum Gasteiger partial charge on any atom is 0.238 e. The minimum Gasteiger partial charge on any atom is -0.456 e. The molecule has 0 amide bonds. The van der Waals surface area contributed by atoms with Crippen LogP contribution in [0.2, 0.25) is 0 Å². The second kappa shape index (κ2) is 25.6. The molecule has 586 valence electrons. The van der Waals surface area contributed by atoms with E-state index < -0.39 is 0 Å². The molecule has 21 aromatic carbocycles. The first-order chi connectivity index (χ1) is 63.0. The highest BCUT2D eigenvalue weighted by Gasteiger charge is 2.30. The minimum absolute atomic E-state index is 0.537. The first kappa shape index (κ1) is 68.3. The average molecular weight is 1620 g/mol. The van der Waals surface area contributed by atoms with Gasteiger partial charge in [-0.3, -0.25) is 4.57 Å². The molecule has 0 saturated heterocycles. The number of furan rings is 4. The van der Waals surface area contributed by atoms with Crippen molar-refractivity contribution in [3.05, 3.63) is 370 Å². The zero-order valence-corrected chi connectivity index (χ0v) is 67.4. The van der Waals surface area contributed by atoms with E-state index >= 15 is 0 Å². The molecule has 0 saturated carbocycles. The fraction of sp³-hybridized carbons (Fsp3) is 0. The number of hydrogen-bond acceptors (Lipinski definition) is 10. The highest BCUT2D eigenvalue weighted by molar-refractivity contribution is 6.42. The number of aromatic nitrogens is 9. The van der Waals surface area contributed by atoms with E-state index in [1.165, 1.54) is 75.4 Å². The maximum atomic E-state index is 6.66. The normalized spacial score (nSPS) is 12.4. The predicted molar refractivity (Wildman–Crippen MR) is 518 cm³/mol. The van der Waals surface area contributed by atoms with Gasteiger partial charge in [-0.05, 0) is 180 Å². The number of rotatable bonds is 8. The van der Waals surface area contributed by atoms with Crippen LogP contribution in [0.3, 0.4) is 0 Å². The molecule has 9 aromatic heterocycles. The average Bonchev–Trinajstić information content (AvgIpc) is 1.54. The third kappa shape index (κ3) is 9.59. The molecule has 0 aliphatic carbocycles. The summed E-state index contributed by atoms with van der Waals surface area (Å²) in [5, 5.41) is 30.3. The van der Waals surface area contributed by atoms with Crippen LogP contribution >= 0.6 is 0 Å². The topological polar surface area (TPSA) is 145 Å². The third-order valence-electron chi connectivity index (χ3n) is 26.7. The summed E-state index contributed by atoms with van der Waals surface area (Å²) in [6.45, 7) is 0. The lowest BCUT2D eigenvalue weighted by Crippen LogP contribution is -2.06. The largest absolute Gasteiger partial charge is 0.456 e. The van der Waals surface area contributed by atoms with Crippen molar-refractivity contribution in [2.45, 2.75) is 0 Å². The highest BCUT2D eigenvalue weighted by atomic mass is 16.3. The number of benzene rings is 18. The lowest BCUT2D eigenvalue weighted by atomic mass is 9.95. The Labute approximate surface area is 718 Å². The second-order valence-corrected chi connectivity index (χ2v) is 33.3. The zero-order valence-electron chi connectivity index (χ0n) is 67.4. The van der Waals surface area contributed by atoms with Gasteiger partial charge in [0.15, 0.2) is 29.1 Å². The van der Waals surface area contributed by atoms with Crippen molar-refractivity contribution in [1.82, 2.24) is 43.6 Å². The summed E-state index contributed by atoms with van der Waals surface area (Å²) in [6, 6.07) is 130. The van der Waals surface area contributed by atoms with Gasteiger partial charge in [0.1, 0.15) is 44.7 Å². The summed E-state index contributed by atoms with van der Waals surface area (Å²) in [4.78, 5) is 30.9. The molecule has 0 aliphatic heterocycles. The number of hydrogen-bond donors (Lipinski definition) is 0. The fourth-order valence-electron chi connectivity index (χ4n) is 21.4.